The molecule has 0 amide bonds. The highest BCUT2D eigenvalue weighted by atomic mass is 19.4. The molecule has 1 unspecified atom stereocenters. The second-order valence-electron chi connectivity index (χ2n) is 8.91. The molecule has 0 aliphatic rings. The summed E-state index contributed by atoms with van der Waals surface area (Å²) in [7, 11) is 0. The molecule has 0 aromatic carbocycles. The van der Waals surface area contributed by atoms with E-state index < -0.39 is 46.9 Å². The maximum Gasteiger partial charge on any atom is 0.425 e. The lowest BCUT2D eigenvalue weighted by Gasteiger charge is -2.40. The molecule has 24 heavy (non-hydrogen) atoms. The molecule has 0 spiro atoms. The quantitative estimate of drug-likeness (QED) is 0.695. The number of aliphatic carboxylic acids is 1. The lowest BCUT2D eigenvalue weighted by molar-refractivity contribution is -0.224. The lowest BCUT2D eigenvalue weighted by Crippen LogP contribution is -2.44. The van der Waals surface area contributed by atoms with Crippen LogP contribution in [-0.2, 0) is 14.3 Å². The van der Waals surface area contributed by atoms with Crippen LogP contribution in [-0.4, -0.2) is 29.3 Å². The largest absolute Gasteiger partial charge is 0.481 e. The molecule has 0 fully saturated rings. The van der Waals surface area contributed by atoms with Crippen molar-refractivity contribution in [3.05, 3.63) is 0 Å². The third kappa shape index (κ3) is 8.02. The Bertz CT molecular complexity index is 440. The van der Waals surface area contributed by atoms with Crippen molar-refractivity contribution < 1.29 is 32.6 Å². The molecule has 0 aromatic heterocycles. The SMILES string of the molecule is CC(OC(=O)C(CC(=O)O)(CC(C)(C)C)CC(C)(C)C)C(F)(F)F. The second-order valence-corrected chi connectivity index (χ2v) is 8.91. The minimum absolute atomic E-state index is 0.118. The minimum Gasteiger partial charge on any atom is -0.481 e. The van der Waals surface area contributed by atoms with Gasteiger partial charge in [-0.1, -0.05) is 41.5 Å². The summed E-state index contributed by atoms with van der Waals surface area (Å²) in [5.74, 6) is -2.33. The van der Waals surface area contributed by atoms with Gasteiger partial charge in [-0.2, -0.15) is 13.2 Å². The summed E-state index contributed by atoms with van der Waals surface area (Å²) < 4.78 is 42.9. The number of hydrogen-bond donors (Lipinski definition) is 1. The fourth-order valence-electron chi connectivity index (χ4n) is 3.08. The molecule has 0 rings (SSSR count). The normalized spacial score (nSPS) is 15.1. The van der Waals surface area contributed by atoms with E-state index in [9.17, 15) is 27.9 Å². The Hall–Kier alpha value is -1.27. The number of carboxylic acid groups (broad SMARTS) is 1. The number of carbonyl (C=O) groups is 2. The van der Waals surface area contributed by atoms with Gasteiger partial charge in [-0.05, 0) is 30.6 Å². The van der Waals surface area contributed by atoms with Crippen LogP contribution in [0.15, 0.2) is 0 Å². The van der Waals surface area contributed by atoms with Gasteiger partial charge in [-0.25, -0.2) is 0 Å². The Balaban J connectivity index is 5.85. The van der Waals surface area contributed by atoms with Gasteiger partial charge in [0.25, 0.3) is 0 Å². The van der Waals surface area contributed by atoms with Crippen LogP contribution in [0.5, 0.6) is 0 Å². The van der Waals surface area contributed by atoms with Gasteiger partial charge in [-0.3, -0.25) is 9.59 Å². The minimum atomic E-state index is -4.69. The number of ether oxygens (including phenoxy) is 1. The number of carbonyl (C=O) groups excluding carboxylic acids is 1. The highest BCUT2D eigenvalue weighted by molar-refractivity contribution is 5.83. The molecule has 0 saturated heterocycles. The van der Waals surface area contributed by atoms with Crippen LogP contribution in [0, 0.1) is 16.2 Å². The number of esters is 1. The maximum absolute atomic E-state index is 12.7. The molecule has 0 saturated carbocycles. The number of halogens is 3. The Kier molecular flexibility index (Phi) is 6.93. The Morgan fingerprint density at radius 3 is 1.58 bits per heavy atom. The molecule has 142 valence electrons. The standard InChI is InChI=1S/C17H29F3O4/c1-11(17(18,19)20)24-13(23)16(8-12(21)22,9-14(2,3)4)10-15(5,6)7/h11H,8-10H2,1-7H3,(H,21,22). The van der Waals surface area contributed by atoms with Crippen LogP contribution >= 0.6 is 0 Å². The van der Waals surface area contributed by atoms with E-state index in [1.54, 1.807) is 0 Å². The van der Waals surface area contributed by atoms with E-state index in [4.69, 9.17) is 0 Å². The van der Waals surface area contributed by atoms with E-state index in [1.165, 1.54) is 0 Å². The number of rotatable bonds is 6. The zero-order valence-corrected chi connectivity index (χ0v) is 15.5. The van der Waals surface area contributed by atoms with Gasteiger partial charge >= 0.3 is 18.1 Å². The van der Waals surface area contributed by atoms with E-state index in [-0.39, 0.29) is 12.8 Å². The molecular formula is C17H29F3O4. The van der Waals surface area contributed by atoms with Gasteiger partial charge in [0.15, 0.2) is 6.10 Å². The van der Waals surface area contributed by atoms with Gasteiger partial charge in [0.2, 0.25) is 0 Å². The molecule has 1 N–H and O–H groups in total. The summed E-state index contributed by atoms with van der Waals surface area (Å²) in [5, 5.41) is 9.26. The monoisotopic (exact) mass is 354 g/mol. The van der Waals surface area contributed by atoms with Crippen LogP contribution in [0.4, 0.5) is 13.2 Å². The second kappa shape index (κ2) is 7.31. The van der Waals surface area contributed by atoms with Crippen molar-refractivity contribution in [1.29, 1.82) is 0 Å². The van der Waals surface area contributed by atoms with E-state index in [0.717, 1.165) is 6.92 Å². The van der Waals surface area contributed by atoms with Gasteiger partial charge in [-0.15, -0.1) is 0 Å². The van der Waals surface area contributed by atoms with Crippen molar-refractivity contribution >= 4 is 11.9 Å². The van der Waals surface area contributed by atoms with Crippen molar-refractivity contribution in [2.24, 2.45) is 16.2 Å². The van der Waals surface area contributed by atoms with Gasteiger partial charge < -0.3 is 9.84 Å². The van der Waals surface area contributed by atoms with Gasteiger partial charge in [0, 0.05) is 0 Å². The van der Waals surface area contributed by atoms with Crippen LogP contribution in [0.1, 0.15) is 67.7 Å². The van der Waals surface area contributed by atoms with E-state index in [1.807, 2.05) is 41.5 Å². The molecule has 0 bridgehead atoms. The fraction of sp³-hybridized carbons (Fsp3) is 0.882. The van der Waals surface area contributed by atoms with Crippen LogP contribution in [0.25, 0.3) is 0 Å². The first-order chi connectivity index (χ1) is 10.4. The summed E-state index contributed by atoms with van der Waals surface area (Å²) in [6.45, 7) is 11.6. The third-order valence-electron chi connectivity index (χ3n) is 3.40. The fourth-order valence-corrected chi connectivity index (χ4v) is 3.08. The van der Waals surface area contributed by atoms with Crippen molar-refractivity contribution in [2.75, 3.05) is 0 Å². The van der Waals surface area contributed by atoms with Crippen molar-refractivity contribution in [3.63, 3.8) is 0 Å². The Morgan fingerprint density at radius 1 is 0.958 bits per heavy atom. The summed E-state index contributed by atoms with van der Waals surface area (Å²) in [4.78, 5) is 24.0. The molecular weight excluding hydrogens is 325 g/mol. The first-order valence-electron chi connectivity index (χ1n) is 7.88. The molecule has 0 aliphatic heterocycles. The van der Waals surface area contributed by atoms with Crippen molar-refractivity contribution in [1.82, 2.24) is 0 Å². The molecule has 4 nitrogen and oxygen atoms in total. The average molecular weight is 354 g/mol. The van der Waals surface area contributed by atoms with Crippen molar-refractivity contribution in [2.45, 2.75) is 80.0 Å². The highest BCUT2D eigenvalue weighted by Gasteiger charge is 2.49. The average Bonchev–Trinajstić information content (AvgIpc) is 2.20. The van der Waals surface area contributed by atoms with E-state index in [2.05, 4.69) is 4.74 Å². The van der Waals surface area contributed by atoms with Gasteiger partial charge in [0.1, 0.15) is 0 Å². The predicted octanol–water partition coefficient (Wildman–Crippen LogP) is 4.81. The Morgan fingerprint density at radius 2 is 1.33 bits per heavy atom. The number of carboxylic acids is 1. The first kappa shape index (κ1) is 22.7. The molecule has 0 radical (unpaired) electrons. The number of alkyl halides is 3. The van der Waals surface area contributed by atoms with Crippen LogP contribution in [0.3, 0.4) is 0 Å². The summed E-state index contributed by atoms with van der Waals surface area (Å²) in [6.07, 6.45) is -7.29. The van der Waals surface area contributed by atoms with E-state index in [0.29, 0.717) is 0 Å². The maximum atomic E-state index is 12.7. The van der Waals surface area contributed by atoms with Crippen LogP contribution in [0.2, 0.25) is 0 Å². The highest BCUT2D eigenvalue weighted by Crippen LogP contribution is 2.46. The Labute approximate surface area is 141 Å². The molecule has 0 aliphatic carbocycles. The molecule has 0 aromatic rings. The van der Waals surface area contributed by atoms with Crippen LogP contribution < -0.4 is 0 Å². The molecule has 1 atom stereocenters. The molecule has 7 heteroatoms. The van der Waals surface area contributed by atoms with Crippen molar-refractivity contribution in [3.8, 4) is 0 Å². The molecule has 0 heterocycles. The van der Waals surface area contributed by atoms with E-state index >= 15 is 0 Å². The topological polar surface area (TPSA) is 63.6 Å². The summed E-state index contributed by atoms with van der Waals surface area (Å²) in [5.41, 5.74) is -2.43. The smallest absolute Gasteiger partial charge is 0.425 e. The first-order valence-corrected chi connectivity index (χ1v) is 7.88. The predicted molar refractivity (Wildman–Crippen MR) is 84.4 cm³/mol. The zero-order valence-electron chi connectivity index (χ0n) is 15.5. The number of hydrogen-bond acceptors (Lipinski definition) is 3. The third-order valence-corrected chi connectivity index (χ3v) is 3.40. The zero-order chi connectivity index (χ0) is 19.6. The summed E-state index contributed by atoms with van der Waals surface area (Å²) >= 11 is 0. The van der Waals surface area contributed by atoms with Gasteiger partial charge in [0.05, 0.1) is 11.8 Å². The summed E-state index contributed by atoms with van der Waals surface area (Å²) in [6, 6.07) is 0. The lowest BCUT2D eigenvalue weighted by atomic mass is 9.64.